The average Bonchev–Trinajstić information content (AvgIpc) is 3.05. The molecular weight excluding hydrogens is 347 g/mol. The maximum absolute atomic E-state index is 11.5. The number of carbonyl (C=O) groups is 1. The molecule has 0 aliphatic carbocycles. The number of hydrogen-bond donors (Lipinski definition) is 0. The molecule has 1 heterocycles. The summed E-state index contributed by atoms with van der Waals surface area (Å²) in [4.78, 5) is 15.9. The van der Waals surface area contributed by atoms with Gasteiger partial charge in [-0.15, -0.1) is 0 Å². The van der Waals surface area contributed by atoms with E-state index in [0.717, 1.165) is 17.0 Å². The van der Waals surface area contributed by atoms with Gasteiger partial charge in [-0.05, 0) is 35.9 Å². The van der Waals surface area contributed by atoms with Crippen molar-refractivity contribution in [3.63, 3.8) is 0 Å². The number of ether oxygens (including phenoxy) is 1. The van der Waals surface area contributed by atoms with Crippen molar-refractivity contribution >= 4 is 29.2 Å². The van der Waals surface area contributed by atoms with Gasteiger partial charge in [-0.2, -0.15) is 0 Å². The average molecular weight is 361 g/mol. The number of hydrogen-bond acceptors (Lipinski definition) is 3. The monoisotopic (exact) mass is 360 g/mol. The second kappa shape index (κ2) is 7.07. The molecule has 3 aromatic rings. The van der Waals surface area contributed by atoms with Crippen LogP contribution in [0.25, 0.3) is 11.4 Å². The minimum absolute atomic E-state index is 0.347. The standard InChI is InChI=1S/C18H14Cl2N2O2/c1-24-18(23)13-4-2-12(3-5-13)11-22-9-8-21-17(22)14-6-7-15(19)16(20)10-14/h2-10H,11H2,1H3. The Morgan fingerprint density at radius 1 is 1.12 bits per heavy atom. The van der Waals surface area contributed by atoms with Crippen molar-refractivity contribution in [2.45, 2.75) is 6.54 Å². The minimum atomic E-state index is -0.347. The number of benzene rings is 2. The number of halogens is 2. The quantitative estimate of drug-likeness (QED) is 0.633. The molecule has 4 nitrogen and oxygen atoms in total. The predicted molar refractivity (Wildman–Crippen MR) is 94.6 cm³/mol. The summed E-state index contributed by atoms with van der Waals surface area (Å²) in [7, 11) is 1.37. The van der Waals surface area contributed by atoms with Crippen LogP contribution in [0, 0.1) is 0 Å². The highest BCUT2D eigenvalue weighted by Crippen LogP contribution is 2.28. The molecule has 2 aromatic carbocycles. The van der Waals surface area contributed by atoms with Crippen LogP contribution in [0.15, 0.2) is 54.9 Å². The Bertz CT molecular complexity index is 873. The SMILES string of the molecule is COC(=O)c1ccc(Cn2ccnc2-c2ccc(Cl)c(Cl)c2)cc1. The molecule has 0 saturated heterocycles. The fraction of sp³-hybridized carbons (Fsp3) is 0.111. The van der Waals surface area contributed by atoms with E-state index in [1.54, 1.807) is 30.5 Å². The molecule has 0 atom stereocenters. The van der Waals surface area contributed by atoms with E-state index >= 15 is 0 Å². The number of aromatic nitrogens is 2. The van der Waals surface area contributed by atoms with Gasteiger partial charge in [0.2, 0.25) is 0 Å². The smallest absolute Gasteiger partial charge is 0.337 e. The lowest BCUT2D eigenvalue weighted by molar-refractivity contribution is 0.0600. The van der Waals surface area contributed by atoms with Crippen molar-refractivity contribution in [1.82, 2.24) is 9.55 Å². The third kappa shape index (κ3) is 3.45. The summed E-state index contributed by atoms with van der Waals surface area (Å²) in [6, 6.07) is 12.7. The summed E-state index contributed by atoms with van der Waals surface area (Å²) in [5.74, 6) is 0.450. The normalized spacial score (nSPS) is 10.6. The number of rotatable bonds is 4. The highest BCUT2D eigenvalue weighted by Gasteiger charge is 2.10. The Morgan fingerprint density at radius 3 is 2.54 bits per heavy atom. The zero-order chi connectivity index (χ0) is 17.1. The topological polar surface area (TPSA) is 44.1 Å². The van der Waals surface area contributed by atoms with E-state index in [1.807, 2.05) is 29.0 Å². The largest absolute Gasteiger partial charge is 0.465 e. The van der Waals surface area contributed by atoms with Crippen LogP contribution in [0.2, 0.25) is 10.0 Å². The highest BCUT2D eigenvalue weighted by atomic mass is 35.5. The summed E-state index contributed by atoms with van der Waals surface area (Å²) in [5.41, 5.74) is 2.46. The van der Waals surface area contributed by atoms with E-state index in [-0.39, 0.29) is 5.97 Å². The maximum Gasteiger partial charge on any atom is 0.337 e. The Kier molecular flexibility index (Phi) is 4.88. The Labute approximate surface area is 149 Å². The molecule has 0 radical (unpaired) electrons. The van der Waals surface area contributed by atoms with Gasteiger partial charge in [-0.25, -0.2) is 9.78 Å². The van der Waals surface area contributed by atoms with Gasteiger partial charge in [0.1, 0.15) is 5.82 Å². The molecule has 0 fully saturated rings. The predicted octanol–water partition coefficient (Wildman–Crippen LogP) is 4.69. The second-order valence-corrected chi connectivity index (χ2v) is 6.01. The lowest BCUT2D eigenvalue weighted by Gasteiger charge is -2.09. The summed E-state index contributed by atoms with van der Waals surface area (Å²) in [6.07, 6.45) is 3.63. The zero-order valence-corrected chi connectivity index (χ0v) is 14.4. The first kappa shape index (κ1) is 16.6. The Balaban J connectivity index is 1.85. The van der Waals surface area contributed by atoms with Gasteiger partial charge in [0, 0.05) is 24.5 Å². The first-order valence-corrected chi connectivity index (χ1v) is 7.98. The maximum atomic E-state index is 11.5. The van der Waals surface area contributed by atoms with Crippen molar-refractivity contribution < 1.29 is 9.53 Å². The van der Waals surface area contributed by atoms with E-state index in [4.69, 9.17) is 27.9 Å². The first-order valence-electron chi connectivity index (χ1n) is 7.22. The van der Waals surface area contributed by atoms with Crippen molar-refractivity contribution in [2.75, 3.05) is 7.11 Å². The second-order valence-electron chi connectivity index (χ2n) is 5.20. The van der Waals surface area contributed by atoms with Crippen LogP contribution in [-0.2, 0) is 11.3 Å². The van der Waals surface area contributed by atoms with Gasteiger partial charge < -0.3 is 9.30 Å². The molecule has 0 amide bonds. The van der Waals surface area contributed by atoms with Crippen LogP contribution < -0.4 is 0 Å². The Morgan fingerprint density at radius 2 is 1.88 bits per heavy atom. The molecule has 24 heavy (non-hydrogen) atoms. The fourth-order valence-electron chi connectivity index (χ4n) is 2.39. The van der Waals surface area contributed by atoms with Gasteiger partial charge in [0.15, 0.2) is 0 Å². The van der Waals surface area contributed by atoms with Crippen molar-refractivity contribution in [3.8, 4) is 11.4 Å². The van der Waals surface area contributed by atoms with Crippen molar-refractivity contribution in [3.05, 3.63) is 76.0 Å². The summed E-state index contributed by atoms with van der Waals surface area (Å²) in [6.45, 7) is 0.622. The summed E-state index contributed by atoms with van der Waals surface area (Å²) in [5, 5.41) is 1.00. The van der Waals surface area contributed by atoms with Crippen LogP contribution >= 0.6 is 23.2 Å². The van der Waals surface area contributed by atoms with Gasteiger partial charge in [0.25, 0.3) is 0 Å². The van der Waals surface area contributed by atoms with Crippen LogP contribution in [0.1, 0.15) is 15.9 Å². The third-order valence-electron chi connectivity index (χ3n) is 3.62. The van der Waals surface area contributed by atoms with E-state index in [2.05, 4.69) is 4.98 Å². The zero-order valence-electron chi connectivity index (χ0n) is 12.9. The third-order valence-corrected chi connectivity index (χ3v) is 4.36. The molecule has 0 unspecified atom stereocenters. The molecule has 122 valence electrons. The van der Waals surface area contributed by atoms with Crippen LogP contribution in [-0.4, -0.2) is 22.6 Å². The summed E-state index contributed by atoms with van der Waals surface area (Å²) < 4.78 is 6.71. The Hall–Kier alpha value is -2.30. The number of nitrogens with zero attached hydrogens (tertiary/aromatic N) is 2. The number of esters is 1. The lowest BCUT2D eigenvalue weighted by Crippen LogP contribution is -2.03. The highest BCUT2D eigenvalue weighted by molar-refractivity contribution is 6.42. The molecule has 0 aliphatic heterocycles. The molecule has 6 heteroatoms. The number of imidazole rings is 1. The van der Waals surface area contributed by atoms with Gasteiger partial charge in [-0.1, -0.05) is 35.3 Å². The molecule has 0 N–H and O–H groups in total. The van der Waals surface area contributed by atoms with E-state index in [0.29, 0.717) is 22.2 Å². The van der Waals surface area contributed by atoms with Gasteiger partial charge in [-0.3, -0.25) is 0 Å². The lowest BCUT2D eigenvalue weighted by atomic mass is 10.1. The van der Waals surface area contributed by atoms with Crippen molar-refractivity contribution in [1.29, 1.82) is 0 Å². The number of methoxy groups -OCH3 is 1. The van der Waals surface area contributed by atoms with Crippen LogP contribution in [0.5, 0.6) is 0 Å². The van der Waals surface area contributed by atoms with Gasteiger partial charge >= 0.3 is 5.97 Å². The summed E-state index contributed by atoms with van der Waals surface area (Å²) >= 11 is 12.1. The molecule has 0 spiro atoms. The van der Waals surface area contributed by atoms with E-state index in [1.165, 1.54) is 7.11 Å². The van der Waals surface area contributed by atoms with Gasteiger partial charge in [0.05, 0.1) is 22.7 Å². The van der Waals surface area contributed by atoms with E-state index in [9.17, 15) is 4.79 Å². The van der Waals surface area contributed by atoms with Crippen LogP contribution in [0.3, 0.4) is 0 Å². The number of carbonyl (C=O) groups excluding carboxylic acids is 1. The molecule has 0 aliphatic rings. The van der Waals surface area contributed by atoms with E-state index < -0.39 is 0 Å². The molecule has 0 saturated carbocycles. The minimum Gasteiger partial charge on any atom is -0.465 e. The molecular formula is C18H14Cl2N2O2. The first-order chi connectivity index (χ1) is 11.6. The molecule has 1 aromatic heterocycles. The fourth-order valence-corrected chi connectivity index (χ4v) is 2.69. The van der Waals surface area contributed by atoms with Crippen molar-refractivity contribution in [2.24, 2.45) is 0 Å². The van der Waals surface area contributed by atoms with Crippen LogP contribution in [0.4, 0.5) is 0 Å². The molecule has 0 bridgehead atoms. The molecule has 3 rings (SSSR count).